The van der Waals surface area contributed by atoms with E-state index in [1.54, 1.807) is 18.2 Å². The third-order valence-electron chi connectivity index (χ3n) is 4.15. The molecular formula is C19H28N2O4. The number of carbonyl (C=O) groups excluding carboxylic acids is 2. The summed E-state index contributed by atoms with van der Waals surface area (Å²) in [4.78, 5) is 26.4. The number of ether oxygens (including phenoxy) is 2. The second-order valence-electron chi connectivity index (χ2n) is 5.99. The summed E-state index contributed by atoms with van der Waals surface area (Å²) in [6.07, 6.45) is 3.68. The lowest BCUT2D eigenvalue weighted by molar-refractivity contribution is -0.131. The van der Waals surface area contributed by atoms with Gasteiger partial charge in [-0.15, -0.1) is 0 Å². The minimum atomic E-state index is -0.224. The van der Waals surface area contributed by atoms with E-state index in [0.29, 0.717) is 44.1 Å². The largest absolute Gasteiger partial charge is 0.490 e. The molecule has 1 aromatic carbocycles. The van der Waals surface area contributed by atoms with Gasteiger partial charge in [-0.3, -0.25) is 9.59 Å². The number of amides is 2. The van der Waals surface area contributed by atoms with Gasteiger partial charge in [-0.25, -0.2) is 0 Å². The minimum Gasteiger partial charge on any atom is -0.490 e. The van der Waals surface area contributed by atoms with Gasteiger partial charge in [-0.2, -0.15) is 0 Å². The lowest BCUT2D eigenvalue weighted by atomic mass is 10.1. The van der Waals surface area contributed by atoms with E-state index in [1.807, 2.05) is 17.9 Å². The van der Waals surface area contributed by atoms with Gasteiger partial charge in [0.05, 0.1) is 12.2 Å². The summed E-state index contributed by atoms with van der Waals surface area (Å²) in [6.45, 7) is 5.44. The van der Waals surface area contributed by atoms with Crippen LogP contribution in [0, 0.1) is 0 Å². The summed E-state index contributed by atoms with van der Waals surface area (Å²) >= 11 is 0. The number of piperidine rings is 1. The molecular weight excluding hydrogens is 320 g/mol. The van der Waals surface area contributed by atoms with E-state index in [-0.39, 0.29) is 11.8 Å². The van der Waals surface area contributed by atoms with E-state index in [4.69, 9.17) is 9.47 Å². The molecule has 1 aliphatic rings. The Morgan fingerprint density at radius 1 is 1.12 bits per heavy atom. The number of nitrogens with one attached hydrogen (secondary N) is 1. The van der Waals surface area contributed by atoms with Gasteiger partial charge < -0.3 is 19.7 Å². The van der Waals surface area contributed by atoms with Crippen molar-refractivity contribution < 1.29 is 19.1 Å². The van der Waals surface area contributed by atoms with E-state index in [9.17, 15) is 9.59 Å². The molecule has 1 heterocycles. The quantitative estimate of drug-likeness (QED) is 0.695. The fraction of sp³-hybridized carbons (Fsp3) is 0.579. The predicted molar refractivity (Wildman–Crippen MR) is 95.8 cm³/mol. The molecule has 138 valence electrons. The molecule has 6 heteroatoms. The maximum absolute atomic E-state index is 12.4. The number of benzene rings is 1. The lowest BCUT2D eigenvalue weighted by Gasteiger charge is -2.26. The van der Waals surface area contributed by atoms with Crippen molar-refractivity contribution in [2.45, 2.75) is 32.6 Å². The zero-order valence-corrected chi connectivity index (χ0v) is 15.0. The third-order valence-corrected chi connectivity index (χ3v) is 4.15. The SMILES string of the molecule is CCOCCOc1ccccc1C(=O)NCCC(=O)N1CCCCC1. The van der Waals surface area contributed by atoms with E-state index in [2.05, 4.69) is 5.32 Å². The minimum absolute atomic E-state index is 0.112. The molecule has 0 spiro atoms. The van der Waals surface area contributed by atoms with Crippen LogP contribution in [0.1, 0.15) is 43.0 Å². The number of hydrogen-bond donors (Lipinski definition) is 1. The van der Waals surface area contributed by atoms with Crippen LogP contribution in [0.2, 0.25) is 0 Å². The molecule has 6 nitrogen and oxygen atoms in total. The second-order valence-corrected chi connectivity index (χ2v) is 5.99. The summed E-state index contributed by atoms with van der Waals surface area (Å²) in [5, 5.41) is 2.81. The molecule has 0 atom stereocenters. The fourth-order valence-corrected chi connectivity index (χ4v) is 2.81. The molecule has 0 aromatic heterocycles. The Morgan fingerprint density at radius 3 is 2.64 bits per heavy atom. The van der Waals surface area contributed by atoms with Crippen LogP contribution in [0.25, 0.3) is 0 Å². The highest BCUT2D eigenvalue weighted by Crippen LogP contribution is 2.17. The van der Waals surface area contributed by atoms with Crippen LogP contribution in [0.5, 0.6) is 5.75 Å². The van der Waals surface area contributed by atoms with Crippen LogP contribution in [0.4, 0.5) is 0 Å². The molecule has 0 radical (unpaired) electrons. The van der Waals surface area contributed by atoms with Crippen molar-refractivity contribution in [1.82, 2.24) is 10.2 Å². The van der Waals surface area contributed by atoms with Gasteiger partial charge in [0, 0.05) is 32.7 Å². The Morgan fingerprint density at radius 2 is 1.88 bits per heavy atom. The van der Waals surface area contributed by atoms with Crippen molar-refractivity contribution >= 4 is 11.8 Å². The predicted octanol–water partition coefficient (Wildman–Crippen LogP) is 2.23. The van der Waals surface area contributed by atoms with Gasteiger partial charge in [0.1, 0.15) is 12.4 Å². The first kappa shape index (κ1) is 19.2. The molecule has 1 fully saturated rings. The van der Waals surface area contributed by atoms with Gasteiger partial charge in [-0.1, -0.05) is 12.1 Å². The Balaban J connectivity index is 1.78. The smallest absolute Gasteiger partial charge is 0.255 e. The number of nitrogens with zero attached hydrogens (tertiary/aromatic N) is 1. The highest BCUT2D eigenvalue weighted by molar-refractivity contribution is 5.97. The monoisotopic (exact) mass is 348 g/mol. The van der Waals surface area contributed by atoms with Crippen molar-refractivity contribution in [3.8, 4) is 5.75 Å². The highest BCUT2D eigenvalue weighted by atomic mass is 16.5. The van der Waals surface area contributed by atoms with E-state index in [0.717, 1.165) is 25.9 Å². The van der Waals surface area contributed by atoms with Gasteiger partial charge >= 0.3 is 0 Å². The Kier molecular flexibility index (Phi) is 8.25. The molecule has 0 unspecified atom stereocenters. The molecule has 1 saturated heterocycles. The van der Waals surface area contributed by atoms with Crippen molar-refractivity contribution in [3.05, 3.63) is 29.8 Å². The summed E-state index contributed by atoms with van der Waals surface area (Å²) in [7, 11) is 0. The first-order chi connectivity index (χ1) is 12.2. The third kappa shape index (κ3) is 6.38. The number of para-hydroxylation sites is 1. The first-order valence-electron chi connectivity index (χ1n) is 9.08. The molecule has 2 amide bonds. The fourth-order valence-electron chi connectivity index (χ4n) is 2.81. The summed E-state index contributed by atoms with van der Waals surface area (Å²) in [6, 6.07) is 7.10. The topological polar surface area (TPSA) is 67.9 Å². The van der Waals surface area contributed by atoms with Crippen LogP contribution in [-0.2, 0) is 9.53 Å². The van der Waals surface area contributed by atoms with E-state index in [1.165, 1.54) is 6.42 Å². The summed E-state index contributed by atoms with van der Waals surface area (Å²) in [5.41, 5.74) is 0.476. The van der Waals surface area contributed by atoms with Crippen LogP contribution < -0.4 is 10.1 Å². The first-order valence-corrected chi connectivity index (χ1v) is 9.08. The normalized spacial score (nSPS) is 14.2. The molecule has 0 saturated carbocycles. The van der Waals surface area contributed by atoms with Crippen molar-refractivity contribution in [2.24, 2.45) is 0 Å². The van der Waals surface area contributed by atoms with Crippen molar-refractivity contribution in [2.75, 3.05) is 39.5 Å². The molecule has 2 rings (SSSR count). The lowest BCUT2D eigenvalue weighted by Crippen LogP contribution is -2.37. The van der Waals surface area contributed by atoms with Gasteiger partial charge in [0.15, 0.2) is 0 Å². The molecule has 1 aromatic rings. The zero-order chi connectivity index (χ0) is 17.9. The summed E-state index contributed by atoms with van der Waals surface area (Å²) < 4.78 is 10.9. The van der Waals surface area contributed by atoms with E-state index >= 15 is 0 Å². The van der Waals surface area contributed by atoms with Gasteiger partial charge in [0.25, 0.3) is 5.91 Å². The summed E-state index contributed by atoms with van der Waals surface area (Å²) in [5.74, 6) is 0.418. The van der Waals surface area contributed by atoms with Crippen LogP contribution in [-0.4, -0.2) is 56.2 Å². The number of rotatable bonds is 9. The number of carbonyl (C=O) groups is 2. The number of hydrogen-bond acceptors (Lipinski definition) is 4. The molecule has 1 N–H and O–H groups in total. The Labute approximate surface area is 149 Å². The Bertz CT molecular complexity index is 556. The van der Waals surface area contributed by atoms with Crippen molar-refractivity contribution in [3.63, 3.8) is 0 Å². The van der Waals surface area contributed by atoms with Crippen LogP contribution >= 0.6 is 0 Å². The Hall–Kier alpha value is -2.08. The van der Waals surface area contributed by atoms with E-state index < -0.39 is 0 Å². The standard InChI is InChI=1S/C19H28N2O4/c1-2-24-14-15-25-17-9-5-4-8-16(17)19(23)20-11-10-18(22)21-12-6-3-7-13-21/h4-5,8-9H,2-3,6-7,10-15H2,1H3,(H,20,23). The van der Waals surface area contributed by atoms with Crippen LogP contribution in [0.15, 0.2) is 24.3 Å². The zero-order valence-electron chi connectivity index (χ0n) is 15.0. The van der Waals surface area contributed by atoms with Gasteiger partial charge in [-0.05, 0) is 38.3 Å². The second kappa shape index (κ2) is 10.7. The molecule has 25 heavy (non-hydrogen) atoms. The number of likely N-dealkylation sites (tertiary alicyclic amines) is 1. The average Bonchev–Trinajstić information content (AvgIpc) is 2.66. The molecule has 0 aliphatic carbocycles. The maximum Gasteiger partial charge on any atom is 0.255 e. The van der Waals surface area contributed by atoms with Gasteiger partial charge in [0.2, 0.25) is 5.91 Å². The molecule has 0 bridgehead atoms. The van der Waals surface area contributed by atoms with Crippen molar-refractivity contribution in [1.29, 1.82) is 0 Å². The molecule has 1 aliphatic heterocycles. The maximum atomic E-state index is 12.4. The van der Waals surface area contributed by atoms with Crippen LogP contribution in [0.3, 0.4) is 0 Å². The average molecular weight is 348 g/mol. The highest BCUT2D eigenvalue weighted by Gasteiger charge is 2.17.